The van der Waals surface area contributed by atoms with Crippen molar-refractivity contribution in [3.63, 3.8) is 0 Å². The Hall–Kier alpha value is -3.74. The van der Waals surface area contributed by atoms with Crippen LogP contribution in [0.3, 0.4) is 0 Å². The molecule has 0 aliphatic rings. The topological polar surface area (TPSA) is 151 Å². The van der Waals surface area contributed by atoms with Gasteiger partial charge in [-0.3, -0.25) is 15.6 Å². The SMILES string of the molecule is CC(C)(C)OC(=N)C(Cl)(Cl)Cl.CC(C)(C)Oc1ccc2[nH]nc(-c3cc(Cl)ncn3)c2c1.Cc1ccc2[nH]nc(-c3cc(Cl)ncn3)c2c1. The van der Waals surface area contributed by atoms with E-state index in [0.29, 0.717) is 16.0 Å². The first kappa shape index (κ1) is 38.1. The molecular weight excluding hydrogens is 732 g/mol. The maximum atomic E-state index is 7.18. The second kappa shape index (κ2) is 15.4. The van der Waals surface area contributed by atoms with Crippen molar-refractivity contribution in [1.29, 1.82) is 5.41 Å². The summed E-state index contributed by atoms with van der Waals surface area (Å²) < 4.78 is 9.13. The summed E-state index contributed by atoms with van der Waals surface area (Å²) in [6.45, 7) is 13.4. The molecule has 0 aliphatic carbocycles. The molecule has 6 aromatic rings. The first-order valence-corrected chi connectivity index (χ1v) is 16.6. The summed E-state index contributed by atoms with van der Waals surface area (Å²) in [5.74, 6) is 0.438. The van der Waals surface area contributed by atoms with Crippen molar-refractivity contribution in [2.75, 3.05) is 0 Å². The number of aryl methyl sites for hydroxylation is 1. The Morgan fingerprint density at radius 3 is 1.59 bits per heavy atom. The minimum atomic E-state index is -1.76. The molecule has 0 radical (unpaired) electrons. The number of benzene rings is 2. The zero-order chi connectivity index (χ0) is 36.1. The van der Waals surface area contributed by atoms with Crippen molar-refractivity contribution in [2.45, 2.75) is 63.5 Å². The fourth-order valence-electron chi connectivity index (χ4n) is 4.22. The van der Waals surface area contributed by atoms with Crippen LogP contribution >= 0.6 is 58.0 Å². The van der Waals surface area contributed by atoms with Crippen LogP contribution in [0.5, 0.6) is 5.75 Å². The largest absolute Gasteiger partial charge is 0.488 e. The Bertz CT molecular complexity index is 2060. The van der Waals surface area contributed by atoms with Gasteiger partial charge in [0.25, 0.3) is 3.79 Å². The highest BCUT2D eigenvalue weighted by atomic mass is 35.6. The Morgan fingerprint density at radius 2 is 1.16 bits per heavy atom. The highest BCUT2D eigenvalue weighted by Gasteiger charge is 2.31. The van der Waals surface area contributed by atoms with E-state index >= 15 is 0 Å². The van der Waals surface area contributed by atoms with E-state index in [1.165, 1.54) is 18.2 Å². The monoisotopic (exact) mass is 763 g/mol. The third-order valence-corrected chi connectivity index (χ3v) is 7.02. The van der Waals surface area contributed by atoms with E-state index in [-0.39, 0.29) is 11.5 Å². The van der Waals surface area contributed by atoms with Crippen molar-refractivity contribution >= 4 is 85.7 Å². The maximum Gasteiger partial charge on any atom is 0.265 e. The van der Waals surface area contributed by atoms with Gasteiger partial charge < -0.3 is 9.47 Å². The van der Waals surface area contributed by atoms with Crippen LogP contribution < -0.4 is 4.74 Å². The van der Waals surface area contributed by atoms with Gasteiger partial charge in [0.2, 0.25) is 5.90 Å². The average Bonchev–Trinajstić information content (AvgIpc) is 3.59. The molecule has 0 amide bonds. The predicted molar refractivity (Wildman–Crippen MR) is 198 cm³/mol. The fourth-order valence-corrected chi connectivity index (χ4v) is 4.63. The number of aromatic amines is 2. The molecule has 0 fully saturated rings. The molecule has 0 saturated heterocycles. The number of H-pyrrole nitrogens is 2. The van der Waals surface area contributed by atoms with Crippen molar-refractivity contribution in [3.05, 3.63) is 77.1 Å². The van der Waals surface area contributed by atoms with Crippen LogP contribution in [-0.4, -0.2) is 61.2 Å². The molecule has 0 saturated carbocycles. The molecule has 3 N–H and O–H groups in total. The molecule has 11 nitrogen and oxygen atoms in total. The van der Waals surface area contributed by atoms with Gasteiger partial charge in [-0.25, -0.2) is 19.9 Å². The van der Waals surface area contributed by atoms with Crippen LogP contribution in [-0.2, 0) is 4.74 Å². The molecule has 4 aromatic heterocycles. The first-order chi connectivity index (χ1) is 22.8. The Balaban J connectivity index is 0.000000175. The summed E-state index contributed by atoms with van der Waals surface area (Å²) >= 11 is 27.9. The van der Waals surface area contributed by atoms with Crippen LogP contribution in [0.15, 0.2) is 61.2 Å². The van der Waals surface area contributed by atoms with E-state index in [4.69, 9.17) is 72.9 Å². The molecule has 0 atom stereocenters. The number of nitrogens with one attached hydrogen (secondary N) is 3. The van der Waals surface area contributed by atoms with E-state index in [0.717, 1.165) is 44.6 Å². The second-order valence-corrected chi connectivity index (χ2v) is 15.7. The molecule has 0 aliphatic heterocycles. The minimum Gasteiger partial charge on any atom is -0.488 e. The number of ether oxygens (including phenoxy) is 2. The highest BCUT2D eigenvalue weighted by Crippen LogP contribution is 2.31. The summed E-state index contributed by atoms with van der Waals surface area (Å²) in [6.07, 6.45) is 2.86. The van der Waals surface area contributed by atoms with Gasteiger partial charge in [0.15, 0.2) is 0 Å². The van der Waals surface area contributed by atoms with E-state index in [1.54, 1.807) is 32.9 Å². The molecule has 0 unspecified atom stereocenters. The Morgan fingerprint density at radius 1 is 0.673 bits per heavy atom. The van der Waals surface area contributed by atoms with E-state index < -0.39 is 9.39 Å². The Labute approximate surface area is 308 Å². The molecular formula is C33H34Cl5N9O2. The number of halogens is 5. The lowest BCUT2D eigenvalue weighted by Crippen LogP contribution is -2.31. The summed E-state index contributed by atoms with van der Waals surface area (Å²) in [6, 6.07) is 15.3. The van der Waals surface area contributed by atoms with Gasteiger partial charge in [-0.2, -0.15) is 10.2 Å². The zero-order valence-electron chi connectivity index (χ0n) is 27.7. The van der Waals surface area contributed by atoms with Crippen molar-refractivity contribution in [1.82, 2.24) is 40.3 Å². The van der Waals surface area contributed by atoms with Crippen LogP contribution in [0.25, 0.3) is 44.6 Å². The molecule has 0 bridgehead atoms. The number of rotatable bonds is 3. The normalized spacial score (nSPS) is 11.8. The fraction of sp³-hybridized carbons (Fsp3) is 0.303. The second-order valence-electron chi connectivity index (χ2n) is 12.6. The molecule has 49 heavy (non-hydrogen) atoms. The van der Waals surface area contributed by atoms with E-state index in [1.807, 2.05) is 58.0 Å². The van der Waals surface area contributed by atoms with Gasteiger partial charge in [0.05, 0.1) is 22.4 Å². The minimum absolute atomic E-state index is 0.254. The van der Waals surface area contributed by atoms with E-state index in [2.05, 4.69) is 46.4 Å². The summed E-state index contributed by atoms with van der Waals surface area (Å²) in [4.78, 5) is 16.2. The quantitative estimate of drug-likeness (QED) is 0.0697. The first-order valence-electron chi connectivity index (χ1n) is 14.7. The molecule has 2 aromatic carbocycles. The van der Waals surface area contributed by atoms with Crippen molar-refractivity contribution in [3.8, 4) is 28.5 Å². The summed E-state index contributed by atoms with van der Waals surface area (Å²) in [5, 5.41) is 24.5. The number of aromatic nitrogens is 8. The molecule has 6 rings (SSSR count). The van der Waals surface area contributed by atoms with Gasteiger partial charge in [-0.15, -0.1) is 0 Å². The van der Waals surface area contributed by atoms with Gasteiger partial charge in [-0.1, -0.05) is 69.6 Å². The standard InChI is InChI=1S/C15H15ClN4O.C12H9ClN4.C6H10Cl3NO/c1-15(2,3)21-9-4-5-11-10(6-9)14(20-19-11)12-7-13(16)18-8-17-12;1-7-2-3-9-8(4-7)12(17-16-9)10-5-11(13)15-6-14-10;1-5(2,3)11-4(10)6(7,8)9/h4-8H,1-3H3,(H,19,20);2-6H,1H3,(H,16,17);10H,1-3H3. The lowest BCUT2D eigenvalue weighted by atomic mass is 10.1. The third-order valence-electron chi connectivity index (χ3n) is 6.10. The number of hydrogen-bond donors (Lipinski definition) is 3. The van der Waals surface area contributed by atoms with Crippen LogP contribution in [0, 0.1) is 12.3 Å². The lowest BCUT2D eigenvalue weighted by molar-refractivity contribution is 0.112. The predicted octanol–water partition coefficient (Wildman–Crippen LogP) is 9.98. The van der Waals surface area contributed by atoms with Crippen molar-refractivity contribution in [2.24, 2.45) is 0 Å². The van der Waals surface area contributed by atoms with Gasteiger partial charge in [-0.05, 0) is 78.8 Å². The highest BCUT2D eigenvalue weighted by molar-refractivity contribution is 6.76. The van der Waals surface area contributed by atoms with Crippen LogP contribution in [0.2, 0.25) is 10.3 Å². The number of alkyl halides is 3. The zero-order valence-corrected chi connectivity index (χ0v) is 31.4. The third kappa shape index (κ3) is 11.1. The number of nitrogens with zero attached hydrogens (tertiary/aromatic N) is 6. The maximum absolute atomic E-state index is 7.18. The number of hydrogen-bond acceptors (Lipinski definition) is 9. The summed E-state index contributed by atoms with van der Waals surface area (Å²) in [7, 11) is 0. The van der Waals surface area contributed by atoms with Crippen molar-refractivity contribution < 1.29 is 9.47 Å². The summed E-state index contributed by atoms with van der Waals surface area (Å²) in [5.41, 5.74) is 5.26. The van der Waals surface area contributed by atoms with Crippen LogP contribution in [0.1, 0.15) is 47.1 Å². The van der Waals surface area contributed by atoms with Gasteiger partial charge >= 0.3 is 0 Å². The van der Waals surface area contributed by atoms with Gasteiger partial charge in [0, 0.05) is 22.9 Å². The molecule has 0 spiro atoms. The number of fused-ring (bicyclic) bond motifs is 2. The van der Waals surface area contributed by atoms with Gasteiger partial charge in [0.1, 0.15) is 51.3 Å². The van der Waals surface area contributed by atoms with Crippen LogP contribution in [0.4, 0.5) is 0 Å². The molecule has 4 heterocycles. The molecule has 258 valence electrons. The average molecular weight is 766 g/mol. The molecule has 16 heteroatoms. The van der Waals surface area contributed by atoms with E-state index in [9.17, 15) is 0 Å². The Kier molecular flexibility index (Phi) is 12.0. The lowest BCUT2D eigenvalue weighted by Gasteiger charge is -2.24. The smallest absolute Gasteiger partial charge is 0.265 e.